The first kappa shape index (κ1) is 11.9. The number of nitrogens with one attached hydrogen (secondary N) is 1. The van der Waals surface area contributed by atoms with Gasteiger partial charge < -0.3 is 0 Å². The van der Waals surface area contributed by atoms with E-state index in [1.807, 2.05) is 20.8 Å². The predicted molar refractivity (Wildman–Crippen MR) is 65.7 cm³/mol. The molecule has 17 heavy (non-hydrogen) atoms. The first-order valence-corrected chi connectivity index (χ1v) is 5.58. The molecule has 0 saturated heterocycles. The molecule has 0 fully saturated rings. The van der Waals surface area contributed by atoms with Crippen LogP contribution in [0.25, 0.3) is 5.82 Å². The lowest BCUT2D eigenvalue weighted by molar-refractivity contribution is 0.558. The van der Waals surface area contributed by atoms with E-state index in [0.717, 1.165) is 5.69 Å². The van der Waals surface area contributed by atoms with E-state index >= 15 is 0 Å². The summed E-state index contributed by atoms with van der Waals surface area (Å²) in [6.07, 6.45) is 0. The Morgan fingerprint density at radius 3 is 2.47 bits per heavy atom. The van der Waals surface area contributed by atoms with Crippen molar-refractivity contribution in [2.45, 2.75) is 26.2 Å². The summed E-state index contributed by atoms with van der Waals surface area (Å²) in [4.78, 5) is 11.8. The predicted octanol–water partition coefficient (Wildman–Crippen LogP) is 1.91. The molecule has 0 bridgehead atoms. The van der Waals surface area contributed by atoms with Crippen molar-refractivity contribution in [3.05, 3.63) is 39.4 Å². The van der Waals surface area contributed by atoms with Crippen molar-refractivity contribution in [1.82, 2.24) is 20.0 Å². The molecule has 0 radical (unpaired) electrons. The van der Waals surface area contributed by atoms with E-state index in [-0.39, 0.29) is 11.0 Å². The van der Waals surface area contributed by atoms with Gasteiger partial charge in [0.2, 0.25) is 0 Å². The Morgan fingerprint density at radius 1 is 1.29 bits per heavy atom. The average Bonchev–Trinajstić information content (AvgIpc) is 2.61. The second kappa shape index (κ2) is 4.00. The molecule has 1 N–H and O–H groups in total. The molecule has 0 aromatic carbocycles. The Balaban J connectivity index is 2.50. The van der Waals surface area contributed by atoms with Gasteiger partial charge in [-0.1, -0.05) is 32.4 Å². The molecule has 0 unspecified atom stereocenters. The summed E-state index contributed by atoms with van der Waals surface area (Å²) in [6, 6.07) is 4.80. The van der Waals surface area contributed by atoms with E-state index in [2.05, 4.69) is 15.3 Å². The fourth-order valence-corrected chi connectivity index (χ4v) is 1.48. The van der Waals surface area contributed by atoms with Gasteiger partial charge >= 0.3 is 0 Å². The van der Waals surface area contributed by atoms with E-state index < -0.39 is 0 Å². The van der Waals surface area contributed by atoms with Gasteiger partial charge in [0.25, 0.3) is 5.56 Å². The Hall–Kier alpha value is -1.62. The van der Waals surface area contributed by atoms with Crippen LogP contribution < -0.4 is 5.56 Å². The molecule has 6 heteroatoms. The summed E-state index contributed by atoms with van der Waals surface area (Å²) in [7, 11) is 0. The van der Waals surface area contributed by atoms with Gasteiger partial charge in [-0.15, -0.1) is 10.2 Å². The van der Waals surface area contributed by atoms with Crippen LogP contribution in [0.5, 0.6) is 0 Å². The Bertz CT molecular complexity index is 577. The molecule has 0 aliphatic carbocycles. The highest BCUT2D eigenvalue weighted by molar-refractivity contribution is 6.29. The molecule has 0 aliphatic rings. The Morgan fingerprint density at radius 2 is 2.00 bits per heavy atom. The van der Waals surface area contributed by atoms with Crippen LogP contribution in [0.4, 0.5) is 0 Å². The number of H-pyrrole nitrogens is 1. The van der Waals surface area contributed by atoms with Crippen LogP contribution in [-0.2, 0) is 5.41 Å². The number of aromatic nitrogens is 4. The number of aromatic amines is 1. The summed E-state index contributed by atoms with van der Waals surface area (Å²) >= 11 is 5.65. The van der Waals surface area contributed by atoms with Crippen molar-refractivity contribution >= 4 is 11.6 Å². The van der Waals surface area contributed by atoms with Gasteiger partial charge in [0, 0.05) is 17.2 Å². The van der Waals surface area contributed by atoms with E-state index in [4.69, 9.17) is 11.6 Å². The number of nitrogens with zero attached hydrogens (tertiary/aromatic N) is 3. The zero-order valence-electron chi connectivity index (χ0n) is 9.86. The van der Waals surface area contributed by atoms with E-state index in [1.165, 1.54) is 4.68 Å². The van der Waals surface area contributed by atoms with Gasteiger partial charge in [-0.25, -0.2) is 0 Å². The van der Waals surface area contributed by atoms with Crippen LogP contribution >= 0.6 is 11.6 Å². The molecular weight excluding hydrogens is 240 g/mol. The maximum absolute atomic E-state index is 11.8. The van der Waals surface area contributed by atoms with Gasteiger partial charge in [-0.05, 0) is 12.1 Å². The van der Waals surface area contributed by atoms with Crippen molar-refractivity contribution in [3.63, 3.8) is 0 Å². The molecule has 0 saturated carbocycles. The van der Waals surface area contributed by atoms with Crippen molar-refractivity contribution < 1.29 is 0 Å². The normalized spacial score (nSPS) is 11.8. The third kappa shape index (κ3) is 2.39. The topological polar surface area (TPSA) is 63.6 Å². The zero-order chi connectivity index (χ0) is 12.6. The van der Waals surface area contributed by atoms with Crippen LogP contribution in [-0.4, -0.2) is 20.0 Å². The minimum atomic E-state index is -0.161. The lowest BCUT2D eigenvalue weighted by Crippen LogP contribution is -2.15. The molecule has 2 aromatic heterocycles. The molecular formula is C11H13ClN4O. The van der Waals surface area contributed by atoms with Crippen LogP contribution in [0.2, 0.25) is 5.15 Å². The molecule has 5 nitrogen and oxygen atoms in total. The van der Waals surface area contributed by atoms with Gasteiger partial charge in [0.05, 0.1) is 0 Å². The Labute approximate surface area is 103 Å². The van der Waals surface area contributed by atoms with E-state index in [1.54, 1.807) is 18.2 Å². The monoisotopic (exact) mass is 252 g/mol. The third-order valence-electron chi connectivity index (χ3n) is 2.38. The highest BCUT2D eigenvalue weighted by Crippen LogP contribution is 2.18. The lowest BCUT2D eigenvalue weighted by Gasteiger charge is -2.15. The second-order valence-corrected chi connectivity index (χ2v) is 5.19. The summed E-state index contributed by atoms with van der Waals surface area (Å²) in [6.45, 7) is 6.07. The quantitative estimate of drug-likeness (QED) is 0.843. The molecule has 0 aliphatic heterocycles. The second-order valence-electron chi connectivity index (χ2n) is 4.81. The first-order chi connectivity index (χ1) is 7.88. The summed E-state index contributed by atoms with van der Waals surface area (Å²) in [5.74, 6) is 0.426. The van der Waals surface area contributed by atoms with Gasteiger partial charge in [0.1, 0.15) is 0 Å². The minimum Gasteiger partial charge on any atom is -0.293 e. The fraction of sp³-hybridized carbons (Fsp3) is 0.364. The number of hydrogen-bond donors (Lipinski definition) is 1. The standard InChI is InChI=1S/C11H13ClN4O/c1-11(2,3)7-6-10(17)16(15-7)9-5-4-8(12)13-14-9/h4-6,15H,1-3H3. The number of rotatable bonds is 1. The summed E-state index contributed by atoms with van der Waals surface area (Å²) in [5, 5.41) is 10.9. The number of halogens is 1. The highest BCUT2D eigenvalue weighted by atomic mass is 35.5. The molecule has 2 aromatic rings. The van der Waals surface area contributed by atoms with Crippen molar-refractivity contribution in [2.24, 2.45) is 0 Å². The molecule has 0 amide bonds. The Kier molecular flexibility index (Phi) is 2.79. The van der Waals surface area contributed by atoms with Crippen LogP contribution in [0, 0.1) is 0 Å². The summed E-state index contributed by atoms with van der Waals surface area (Å²) in [5.41, 5.74) is 0.565. The van der Waals surface area contributed by atoms with Crippen molar-refractivity contribution in [3.8, 4) is 5.82 Å². The minimum absolute atomic E-state index is 0.121. The molecule has 2 heterocycles. The van der Waals surface area contributed by atoms with Gasteiger partial charge in [-0.3, -0.25) is 9.89 Å². The SMILES string of the molecule is CC(C)(C)c1cc(=O)n(-c2ccc(Cl)nn2)[nH]1. The van der Waals surface area contributed by atoms with E-state index in [0.29, 0.717) is 11.0 Å². The molecule has 0 atom stereocenters. The fourth-order valence-electron chi connectivity index (χ4n) is 1.38. The van der Waals surface area contributed by atoms with Gasteiger partial charge in [0.15, 0.2) is 11.0 Å². The van der Waals surface area contributed by atoms with Crippen LogP contribution in [0.1, 0.15) is 26.5 Å². The molecule has 0 spiro atoms. The zero-order valence-corrected chi connectivity index (χ0v) is 10.6. The van der Waals surface area contributed by atoms with Crippen LogP contribution in [0.3, 0.4) is 0 Å². The summed E-state index contributed by atoms with van der Waals surface area (Å²) < 4.78 is 1.35. The number of hydrogen-bond acceptors (Lipinski definition) is 3. The first-order valence-electron chi connectivity index (χ1n) is 5.20. The highest BCUT2D eigenvalue weighted by Gasteiger charge is 2.18. The van der Waals surface area contributed by atoms with Crippen molar-refractivity contribution in [1.29, 1.82) is 0 Å². The van der Waals surface area contributed by atoms with Gasteiger partial charge in [-0.2, -0.15) is 4.68 Å². The molecule has 2 rings (SSSR count). The average molecular weight is 253 g/mol. The smallest absolute Gasteiger partial charge is 0.272 e. The van der Waals surface area contributed by atoms with Crippen molar-refractivity contribution in [2.75, 3.05) is 0 Å². The third-order valence-corrected chi connectivity index (χ3v) is 2.58. The maximum Gasteiger partial charge on any atom is 0.272 e. The van der Waals surface area contributed by atoms with E-state index in [9.17, 15) is 4.79 Å². The van der Waals surface area contributed by atoms with Crippen LogP contribution in [0.15, 0.2) is 23.0 Å². The maximum atomic E-state index is 11.8. The largest absolute Gasteiger partial charge is 0.293 e. The lowest BCUT2D eigenvalue weighted by atomic mass is 9.93. The molecule has 90 valence electrons.